The second-order valence-electron chi connectivity index (χ2n) is 5.33. The number of ether oxygens (including phenoxy) is 1. The highest BCUT2D eigenvalue weighted by Crippen LogP contribution is 2.33. The number of thiophene rings is 1. The summed E-state index contributed by atoms with van der Waals surface area (Å²) in [7, 11) is 1.73. The predicted molar refractivity (Wildman–Crippen MR) is 91.7 cm³/mol. The van der Waals surface area contributed by atoms with Crippen molar-refractivity contribution in [2.24, 2.45) is 0 Å². The standard InChI is InChI=1S/C18H25NOS/c1-6-14-8-9-17(21-14)18(19-7-2)15-10-13(4)16(20-5)11-12(15)3/h8-11,18-19H,6-7H2,1-5H3. The molecule has 0 fully saturated rings. The Kier molecular flexibility index (Phi) is 5.43. The molecular weight excluding hydrogens is 278 g/mol. The Morgan fingerprint density at radius 2 is 1.90 bits per heavy atom. The average Bonchev–Trinajstić information content (AvgIpc) is 2.95. The van der Waals surface area contributed by atoms with Crippen LogP contribution < -0.4 is 10.1 Å². The van der Waals surface area contributed by atoms with E-state index in [0.717, 1.165) is 18.7 Å². The molecule has 0 radical (unpaired) electrons. The summed E-state index contributed by atoms with van der Waals surface area (Å²) in [4.78, 5) is 2.83. The van der Waals surface area contributed by atoms with Gasteiger partial charge in [0.05, 0.1) is 13.2 Å². The molecule has 0 saturated carbocycles. The minimum absolute atomic E-state index is 0.268. The summed E-state index contributed by atoms with van der Waals surface area (Å²) in [5, 5.41) is 3.63. The summed E-state index contributed by atoms with van der Waals surface area (Å²) in [6.07, 6.45) is 1.10. The van der Waals surface area contributed by atoms with Gasteiger partial charge < -0.3 is 10.1 Å². The Labute approximate surface area is 132 Å². The Morgan fingerprint density at radius 3 is 2.48 bits per heavy atom. The van der Waals surface area contributed by atoms with Gasteiger partial charge in [-0.05, 0) is 61.7 Å². The van der Waals surface area contributed by atoms with Crippen LogP contribution in [0.4, 0.5) is 0 Å². The maximum atomic E-state index is 5.43. The van der Waals surface area contributed by atoms with Crippen LogP contribution >= 0.6 is 11.3 Å². The van der Waals surface area contributed by atoms with Crippen molar-refractivity contribution in [3.8, 4) is 5.75 Å². The molecule has 2 rings (SSSR count). The summed E-state index contributed by atoms with van der Waals surface area (Å²) in [5.41, 5.74) is 3.81. The molecular formula is C18H25NOS. The fourth-order valence-corrected chi connectivity index (χ4v) is 3.70. The van der Waals surface area contributed by atoms with Crippen molar-refractivity contribution in [3.05, 3.63) is 50.7 Å². The lowest BCUT2D eigenvalue weighted by atomic mass is 9.97. The summed E-state index contributed by atoms with van der Waals surface area (Å²) < 4.78 is 5.43. The van der Waals surface area contributed by atoms with Crippen LogP contribution in [0.5, 0.6) is 5.75 Å². The zero-order valence-electron chi connectivity index (χ0n) is 13.6. The van der Waals surface area contributed by atoms with Gasteiger partial charge in [0.2, 0.25) is 0 Å². The zero-order valence-corrected chi connectivity index (χ0v) is 14.4. The van der Waals surface area contributed by atoms with Gasteiger partial charge in [0, 0.05) is 9.75 Å². The summed E-state index contributed by atoms with van der Waals surface area (Å²) in [6.45, 7) is 9.59. The fraction of sp³-hybridized carbons (Fsp3) is 0.444. The molecule has 1 heterocycles. The van der Waals surface area contributed by atoms with Crippen LogP contribution in [-0.2, 0) is 6.42 Å². The maximum Gasteiger partial charge on any atom is 0.122 e. The van der Waals surface area contributed by atoms with E-state index in [2.05, 4.69) is 57.3 Å². The molecule has 21 heavy (non-hydrogen) atoms. The molecule has 2 nitrogen and oxygen atoms in total. The molecule has 3 heteroatoms. The fourth-order valence-electron chi connectivity index (χ4n) is 2.65. The number of aryl methyl sites for hydroxylation is 3. The van der Waals surface area contributed by atoms with Gasteiger partial charge in [-0.15, -0.1) is 11.3 Å². The minimum atomic E-state index is 0.268. The lowest BCUT2D eigenvalue weighted by molar-refractivity contribution is 0.411. The van der Waals surface area contributed by atoms with Crippen LogP contribution in [0.25, 0.3) is 0 Å². The van der Waals surface area contributed by atoms with Crippen LogP contribution in [-0.4, -0.2) is 13.7 Å². The van der Waals surface area contributed by atoms with Crippen molar-refractivity contribution < 1.29 is 4.74 Å². The van der Waals surface area contributed by atoms with Crippen LogP contribution in [0.2, 0.25) is 0 Å². The summed E-state index contributed by atoms with van der Waals surface area (Å²) >= 11 is 1.91. The first-order chi connectivity index (χ1) is 10.1. The molecule has 1 atom stereocenters. The first kappa shape index (κ1) is 16.1. The second kappa shape index (κ2) is 7.10. The van der Waals surface area contributed by atoms with Gasteiger partial charge in [-0.3, -0.25) is 0 Å². The largest absolute Gasteiger partial charge is 0.496 e. The quantitative estimate of drug-likeness (QED) is 0.839. The Morgan fingerprint density at radius 1 is 1.14 bits per heavy atom. The number of benzene rings is 1. The maximum absolute atomic E-state index is 5.43. The molecule has 0 aliphatic carbocycles. The van der Waals surface area contributed by atoms with E-state index in [1.54, 1.807) is 7.11 Å². The van der Waals surface area contributed by atoms with Crippen molar-refractivity contribution in [2.45, 2.75) is 40.2 Å². The second-order valence-corrected chi connectivity index (χ2v) is 6.53. The minimum Gasteiger partial charge on any atom is -0.496 e. The monoisotopic (exact) mass is 303 g/mol. The Balaban J connectivity index is 2.44. The predicted octanol–water partition coefficient (Wildman–Crippen LogP) is 4.63. The Hall–Kier alpha value is -1.32. The molecule has 2 aromatic rings. The first-order valence-electron chi connectivity index (χ1n) is 7.57. The molecule has 0 aliphatic rings. The molecule has 1 aromatic carbocycles. The van der Waals surface area contributed by atoms with Crippen molar-refractivity contribution in [3.63, 3.8) is 0 Å². The zero-order chi connectivity index (χ0) is 15.4. The first-order valence-corrected chi connectivity index (χ1v) is 8.39. The van der Waals surface area contributed by atoms with E-state index in [1.807, 2.05) is 11.3 Å². The number of nitrogens with one attached hydrogen (secondary N) is 1. The van der Waals surface area contributed by atoms with Crippen molar-refractivity contribution in [1.82, 2.24) is 5.32 Å². The third-order valence-corrected chi connectivity index (χ3v) is 5.11. The van der Waals surface area contributed by atoms with Crippen molar-refractivity contribution in [1.29, 1.82) is 0 Å². The van der Waals surface area contributed by atoms with Gasteiger partial charge in [0.15, 0.2) is 0 Å². The molecule has 1 N–H and O–H groups in total. The molecule has 1 aromatic heterocycles. The summed E-state index contributed by atoms with van der Waals surface area (Å²) in [6, 6.07) is 9.17. The van der Waals surface area contributed by atoms with E-state index in [1.165, 1.54) is 26.4 Å². The third-order valence-electron chi connectivity index (χ3n) is 3.82. The van der Waals surface area contributed by atoms with Crippen LogP contribution in [0.15, 0.2) is 24.3 Å². The van der Waals surface area contributed by atoms with E-state index in [9.17, 15) is 0 Å². The highest BCUT2D eigenvalue weighted by molar-refractivity contribution is 7.12. The van der Waals surface area contributed by atoms with Gasteiger partial charge >= 0.3 is 0 Å². The van der Waals surface area contributed by atoms with E-state index in [4.69, 9.17) is 4.74 Å². The highest BCUT2D eigenvalue weighted by atomic mass is 32.1. The molecule has 114 valence electrons. The van der Waals surface area contributed by atoms with Crippen molar-refractivity contribution in [2.75, 3.05) is 13.7 Å². The van der Waals surface area contributed by atoms with Crippen LogP contribution in [0.1, 0.15) is 46.3 Å². The van der Waals surface area contributed by atoms with Gasteiger partial charge in [-0.2, -0.15) is 0 Å². The van der Waals surface area contributed by atoms with Gasteiger partial charge in [0.1, 0.15) is 5.75 Å². The average molecular weight is 303 g/mol. The molecule has 0 spiro atoms. The van der Waals surface area contributed by atoms with Gasteiger partial charge in [0.25, 0.3) is 0 Å². The molecule has 1 unspecified atom stereocenters. The topological polar surface area (TPSA) is 21.3 Å². The molecule has 0 aliphatic heterocycles. The lowest BCUT2D eigenvalue weighted by Gasteiger charge is -2.21. The lowest BCUT2D eigenvalue weighted by Crippen LogP contribution is -2.22. The molecule has 0 bridgehead atoms. The van der Waals surface area contributed by atoms with Gasteiger partial charge in [-0.1, -0.05) is 19.9 Å². The van der Waals surface area contributed by atoms with E-state index in [0.29, 0.717) is 0 Å². The molecule has 0 saturated heterocycles. The number of methoxy groups -OCH3 is 1. The molecule has 0 amide bonds. The van der Waals surface area contributed by atoms with Crippen molar-refractivity contribution >= 4 is 11.3 Å². The SMILES string of the molecule is CCNC(c1ccc(CC)s1)c1cc(C)c(OC)cc1C. The number of hydrogen-bond donors (Lipinski definition) is 1. The van der Waals surface area contributed by atoms with Crippen LogP contribution in [0, 0.1) is 13.8 Å². The number of rotatable bonds is 6. The summed E-state index contributed by atoms with van der Waals surface area (Å²) in [5.74, 6) is 0.965. The van der Waals surface area contributed by atoms with E-state index < -0.39 is 0 Å². The van der Waals surface area contributed by atoms with E-state index in [-0.39, 0.29) is 6.04 Å². The highest BCUT2D eigenvalue weighted by Gasteiger charge is 2.18. The third kappa shape index (κ3) is 3.47. The van der Waals surface area contributed by atoms with E-state index >= 15 is 0 Å². The normalized spacial score (nSPS) is 12.4. The van der Waals surface area contributed by atoms with Gasteiger partial charge in [-0.25, -0.2) is 0 Å². The smallest absolute Gasteiger partial charge is 0.122 e. The van der Waals surface area contributed by atoms with Crippen LogP contribution in [0.3, 0.4) is 0 Å². The Bertz CT molecular complexity index is 603. The number of hydrogen-bond acceptors (Lipinski definition) is 3.